The first-order valence-electron chi connectivity index (χ1n) is 4.18. The minimum atomic E-state index is -0.429. The lowest BCUT2D eigenvalue weighted by Gasteiger charge is -2.07. The number of halogens is 3. The predicted octanol–water partition coefficient (Wildman–Crippen LogP) is 2.98. The fraction of sp³-hybridized carbons (Fsp3) is 0. The van der Waals surface area contributed by atoms with Gasteiger partial charge in [0.05, 0.1) is 10.7 Å². The summed E-state index contributed by atoms with van der Waals surface area (Å²) in [5.41, 5.74) is 7.89. The number of amidine groups is 1. The van der Waals surface area contributed by atoms with Crippen molar-refractivity contribution in [2.75, 3.05) is 5.43 Å². The Morgan fingerprint density at radius 1 is 1.53 bits per heavy atom. The number of benzene rings is 1. The summed E-state index contributed by atoms with van der Waals surface area (Å²) in [6, 6.07) is 4.81. The van der Waals surface area contributed by atoms with Crippen molar-refractivity contribution in [3.8, 4) is 6.07 Å². The van der Waals surface area contributed by atoms with Crippen molar-refractivity contribution in [2.45, 2.75) is 0 Å². The van der Waals surface area contributed by atoms with E-state index in [9.17, 15) is 0 Å². The zero-order chi connectivity index (χ0) is 13.0. The number of nitrogens with two attached hydrogens (primary N) is 1. The molecule has 0 bridgehead atoms. The van der Waals surface area contributed by atoms with Gasteiger partial charge < -0.3 is 5.73 Å². The first-order valence-corrected chi connectivity index (χ1v) is 5.73. The lowest BCUT2D eigenvalue weighted by Crippen LogP contribution is -2.21. The molecule has 1 aromatic rings. The van der Waals surface area contributed by atoms with E-state index in [1.807, 2.05) is 0 Å². The van der Waals surface area contributed by atoms with Gasteiger partial charge in [-0.3, -0.25) is 10.8 Å². The second-order valence-corrected chi connectivity index (χ2v) is 4.54. The van der Waals surface area contributed by atoms with Gasteiger partial charge in [-0.2, -0.15) is 10.4 Å². The molecule has 0 saturated carbocycles. The van der Waals surface area contributed by atoms with Gasteiger partial charge >= 0.3 is 0 Å². The molecule has 8 heteroatoms. The van der Waals surface area contributed by atoms with Crippen LogP contribution in [0.5, 0.6) is 0 Å². The van der Waals surface area contributed by atoms with E-state index in [0.29, 0.717) is 20.2 Å². The molecule has 0 aliphatic rings. The van der Waals surface area contributed by atoms with E-state index in [4.69, 9.17) is 39.6 Å². The second-order valence-electron chi connectivity index (χ2n) is 2.84. The molecule has 0 atom stereocenters. The molecule has 17 heavy (non-hydrogen) atoms. The number of nitriles is 1. The average Bonchev–Trinajstić information content (AvgIpc) is 2.21. The highest BCUT2D eigenvalue weighted by molar-refractivity contribution is 9.10. The summed E-state index contributed by atoms with van der Waals surface area (Å²) in [5, 5.41) is 20.2. The van der Waals surface area contributed by atoms with E-state index in [1.54, 1.807) is 12.1 Å². The lowest BCUT2D eigenvalue weighted by molar-refractivity contribution is 1.32. The third-order valence-electron chi connectivity index (χ3n) is 1.65. The Morgan fingerprint density at radius 2 is 2.18 bits per heavy atom. The highest BCUT2D eigenvalue weighted by Gasteiger charge is 2.08. The van der Waals surface area contributed by atoms with E-state index in [0.717, 1.165) is 0 Å². The minimum Gasteiger partial charge on any atom is -0.382 e. The summed E-state index contributed by atoms with van der Waals surface area (Å²) in [4.78, 5) is 0. The number of hydrogen-bond acceptors (Lipinski definition) is 4. The Kier molecular flexibility index (Phi) is 4.75. The van der Waals surface area contributed by atoms with Gasteiger partial charge in [0.2, 0.25) is 5.71 Å². The van der Waals surface area contributed by atoms with Gasteiger partial charge in [0, 0.05) is 9.50 Å². The molecular weight excluding hydrogens is 329 g/mol. The summed E-state index contributed by atoms with van der Waals surface area (Å²) in [6.07, 6.45) is 0. The van der Waals surface area contributed by atoms with Gasteiger partial charge in [-0.25, -0.2) is 0 Å². The molecule has 4 N–H and O–H groups in total. The number of rotatable bonds is 3. The van der Waals surface area contributed by atoms with Crippen LogP contribution in [-0.2, 0) is 0 Å². The summed E-state index contributed by atoms with van der Waals surface area (Å²) in [6.45, 7) is 0. The first-order chi connectivity index (χ1) is 7.95. The molecule has 0 saturated heterocycles. The molecule has 1 aromatic carbocycles. The number of hydrazone groups is 1. The third-order valence-corrected chi connectivity index (χ3v) is 2.79. The van der Waals surface area contributed by atoms with E-state index in [2.05, 4.69) is 26.5 Å². The standard InChI is InChI=1S/C9H6BrCl2N5/c10-5-1-4(11)2-6(12)8(5)17-16-7(3-13)9(14)15/h1-2,17H,(H3,14,15)/b16-7+. The Morgan fingerprint density at radius 3 is 2.65 bits per heavy atom. The van der Waals surface area contributed by atoms with E-state index in [1.165, 1.54) is 6.07 Å². The Hall–Kier alpha value is -1.29. The summed E-state index contributed by atoms with van der Waals surface area (Å²) in [5.74, 6) is -0.429. The van der Waals surface area contributed by atoms with Crippen molar-refractivity contribution in [3.05, 3.63) is 26.7 Å². The highest BCUT2D eigenvalue weighted by atomic mass is 79.9. The normalized spacial score (nSPS) is 10.8. The van der Waals surface area contributed by atoms with Crippen molar-refractivity contribution >= 4 is 56.4 Å². The molecule has 0 amide bonds. The number of hydrogen-bond donors (Lipinski definition) is 3. The Labute approximate surface area is 116 Å². The molecule has 0 spiro atoms. The first kappa shape index (κ1) is 13.8. The highest BCUT2D eigenvalue weighted by Crippen LogP contribution is 2.33. The Balaban J connectivity index is 3.05. The zero-order valence-corrected chi connectivity index (χ0v) is 11.4. The maximum Gasteiger partial charge on any atom is 0.201 e. The topological polar surface area (TPSA) is 98.0 Å². The molecule has 0 fully saturated rings. The summed E-state index contributed by atoms with van der Waals surface area (Å²) < 4.78 is 0.583. The van der Waals surface area contributed by atoms with E-state index >= 15 is 0 Å². The van der Waals surface area contributed by atoms with Crippen LogP contribution in [0.15, 0.2) is 21.7 Å². The van der Waals surface area contributed by atoms with Crippen LogP contribution in [0.1, 0.15) is 0 Å². The van der Waals surface area contributed by atoms with Crippen LogP contribution >= 0.6 is 39.1 Å². The molecule has 1 rings (SSSR count). The monoisotopic (exact) mass is 333 g/mol. The van der Waals surface area contributed by atoms with E-state index < -0.39 is 5.84 Å². The van der Waals surface area contributed by atoms with Crippen molar-refractivity contribution < 1.29 is 0 Å². The molecule has 0 aliphatic heterocycles. The van der Waals surface area contributed by atoms with Crippen LogP contribution in [0.4, 0.5) is 5.69 Å². The second kappa shape index (κ2) is 5.87. The maximum absolute atomic E-state index is 8.65. The van der Waals surface area contributed by atoms with Gasteiger partial charge in [0.1, 0.15) is 6.07 Å². The van der Waals surface area contributed by atoms with Crippen molar-refractivity contribution in [2.24, 2.45) is 10.8 Å². The number of nitrogens with one attached hydrogen (secondary N) is 2. The molecular formula is C9H6BrCl2N5. The molecule has 0 aliphatic carbocycles. The number of nitrogens with zero attached hydrogens (tertiary/aromatic N) is 2. The third kappa shape index (κ3) is 3.60. The van der Waals surface area contributed by atoms with Crippen LogP contribution in [0.2, 0.25) is 10.0 Å². The number of anilines is 1. The van der Waals surface area contributed by atoms with Gasteiger partial charge in [0.25, 0.3) is 0 Å². The molecule has 0 radical (unpaired) electrons. The van der Waals surface area contributed by atoms with Crippen molar-refractivity contribution in [3.63, 3.8) is 0 Å². The fourth-order valence-corrected chi connectivity index (χ4v) is 2.24. The van der Waals surface area contributed by atoms with Gasteiger partial charge in [-0.05, 0) is 28.1 Å². The average molecular weight is 335 g/mol. The van der Waals surface area contributed by atoms with Crippen LogP contribution in [0.25, 0.3) is 0 Å². The predicted molar refractivity (Wildman–Crippen MR) is 72.7 cm³/mol. The van der Waals surface area contributed by atoms with E-state index in [-0.39, 0.29) is 5.71 Å². The molecule has 88 valence electrons. The Bertz CT molecular complexity index is 512. The smallest absolute Gasteiger partial charge is 0.201 e. The van der Waals surface area contributed by atoms with Crippen molar-refractivity contribution in [1.82, 2.24) is 0 Å². The zero-order valence-electron chi connectivity index (χ0n) is 8.26. The summed E-state index contributed by atoms with van der Waals surface area (Å²) in [7, 11) is 0. The maximum atomic E-state index is 8.65. The van der Waals surface area contributed by atoms with Crippen LogP contribution < -0.4 is 11.2 Å². The fourth-order valence-electron chi connectivity index (χ4n) is 0.906. The minimum absolute atomic E-state index is 0.233. The van der Waals surface area contributed by atoms with Crippen LogP contribution in [0.3, 0.4) is 0 Å². The molecule has 0 aromatic heterocycles. The molecule has 5 nitrogen and oxygen atoms in total. The SMILES string of the molecule is N#C/C(=N\Nc1c(Cl)cc(Cl)cc1Br)C(=N)N. The van der Waals surface area contributed by atoms with Crippen LogP contribution in [-0.4, -0.2) is 11.5 Å². The van der Waals surface area contributed by atoms with Crippen molar-refractivity contribution in [1.29, 1.82) is 10.7 Å². The molecule has 0 heterocycles. The van der Waals surface area contributed by atoms with Gasteiger partial charge in [-0.1, -0.05) is 23.2 Å². The lowest BCUT2D eigenvalue weighted by atomic mass is 10.3. The van der Waals surface area contributed by atoms with Gasteiger partial charge in [0.15, 0.2) is 5.84 Å². The van der Waals surface area contributed by atoms with Gasteiger partial charge in [-0.15, -0.1) is 0 Å². The quantitative estimate of drug-likeness (QED) is 0.450. The van der Waals surface area contributed by atoms with Crippen LogP contribution in [0, 0.1) is 16.7 Å². The largest absolute Gasteiger partial charge is 0.382 e. The molecule has 0 unspecified atom stereocenters. The summed E-state index contributed by atoms with van der Waals surface area (Å²) >= 11 is 14.9.